The summed E-state index contributed by atoms with van der Waals surface area (Å²) in [6.07, 6.45) is 0.999. The van der Waals surface area contributed by atoms with Crippen LogP contribution in [0.2, 0.25) is 0 Å². The number of amides is 1. The summed E-state index contributed by atoms with van der Waals surface area (Å²) in [5.74, 6) is 0.421. The topological polar surface area (TPSA) is 77.1 Å². The molecule has 3 heterocycles. The lowest BCUT2D eigenvalue weighted by atomic mass is 10.0. The first-order chi connectivity index (χ1) is 14.6. The van der Waals surface area contributed by atoms with Crippen LogP contribution in [0.15, 0.2) is 59.1 Å². The fourth-order valence-electron chi connectivity index (χ4n) is 3.98. The van der Waals surface area contributed by atoms with Gasteiger partial charge in [-0.05, 0) is 31.5 Å². The summed E-state index contributed by atoms with van der Waals surface area (Å²) in [7, 11) is 0. The van der Waals surface area contributed by atoms with Gasteiger partial charge < -0.3 is 14.4 Å². The van der Waals surface area contributed by atoms with Gasteiger partial charge in [0.25, 0.3) is 5.91 Å². The average molecular weight is 399 g/mol. The molecule has 0 atom stereocenters. The quantitative estimate of drug-likeness (QED) is 0.523. The van der Waals surface area contributed by atoms with Crippen molar-refractivity contribution in [1.82, 2.24) is 15.0 Å². The zero-order chi connectivity index (χ0) is 20.7. The van der Waals surface area contributed by atoms with Crippen molar-refractivity contribution in [2.24, 2.45) is 0 Å². The molecular weight excluding hydrogens is 378 g/mol. The van der Waals surface area contributed by atoms with Crippen molar-refractivity contribution < 1.29 is 14.1 Å². The van der Waals surface area contributed by atoms with Crippen LogP contribution >= 0.6 is 0 Å². The molecule has 4 aromatic rings. The number of aryl methyl sites for hydroxylation is 2. The molecule has 0 aliphatic carbocycles. The second-order valence-electron chi connectivity index (χ2n) is 7.71. The predicted octanol–water partition coefficient (Wildman–Crippen LogP) is 4.16. The molecular formula is C24H21N3O3. The summed E-state index contributed by atoms with van der Waals surface area (Å²) in [6, 6.07) is 17.3. The molecule has 0 saturated carbocycles. The largest absolute Gasteiger partial charge is 0.360 e. The molecule has 150 valence electrons. The molecule has 5 rings (SSSR count). The van der Waals surface area contributed by atoms with Gasteiger partial charge in [0, 0.05) is 41.2 Å². The average Bonchev–Trinajstić information content (AvgIpc) is 3.30. The van der Waals surface area contributed by atoms with Crippen molar-refractivity contribution in [3.8, 4) is 11.3 Å². The number of hydrogen-bond acceptors (Lipinski definition) is 4. The van der Waals surface area contributed by atoms with Crippen molar-refractivity contribution >= 4 is 22.6 Å². The van der Waals surface area contributed by atoms with E-state index < -0.39 is 0 Å². The summed E-state index contributed by atoms with van der Waals surface area (Å²) >= 11 is 0. The normalized spacial score (nSPS) is 13.7. The van der Waals surface area contributed by atoms with E-state index in [1.165, 1.54) is 0 Å². The Morgan fingerprint density at radius 2 is 2.07 bits per heavy atom. The minimum Gasteiger partial charge on any atom is -0.360 e. The zero-order valence-electron chi connectivity index (χ0n) is 16.6. The van der Waals surface area contributed by atoms with Crippen LogP contribution in [-0.4, -0.2) is 28.0 Å². The molecule has 2 aromatic carbocycles. The number of benzene rings is 2. The third kappa shape index (κ3) is 3.30. The number of carbonyl (C=O) groups excluding carboxylic acids is 2. The van der Waals surface area contributed by atoms with E-state index in [1.807, 2.05) is 60.0 Å². The molecule has 1 aliphatic rings. The summed E-state index contributed by atoms with van der Waals surface area (Å²) in [6.45, 7) is 3.43. The Kier molecular flexibility index (Phi) is 4.47. The number of rotatable bonds is 4. The molecule has 0 radical (unpaired) electrons. The maximum absolute atomic E-state index is 12.9. The summed E-state index contributed by atoms with van der Waals surface area (Å²) in [5, 5.41) is 7.98. The van der Waals surface area contributed by atoms with Crippen molar-refractivity contribution in [3.05, 3.63) is 77.2 Å². The predicted molar refractivity (Wildman–Crippen MR) is 114 cm³/mol. The molecule has 2 aromatic heterocycles. The lowest BCUT2D eigenvalue weighted by Gasteiger charge is -2.06. The lowest BCUT2D eigenvalue weighted by molar-refractivity contribution is 0.0949. The van der Waals surface area contributed by atoms with E-state index in [1.54, 1.807) is 6.07 Å². The highest BCUT2D eigenvalue weighted by Gasteiger charge is 2.20. The molecule has 1 amide bonds. The number of ketones is 1. The fraction of sp³-hybridized carbons (Fsp3) is 0.208. The molecule has 6 heteroatoms. The van der Waals surface area contributed by atoms with Crippen LogP contribution in [0.3, 0.4) is 0 Å². The van der Waals surface area contributed by atoms with E-state index in [4.69, 9.17) is 4.52 Å². The number of nitrogens with one attached hydrogen (secondary N) is 1. The third-order valence-electron chi connectivity index (χ3n) is 5.51. The highest BCUT2D eigenvalue weighted by Crippen LogP contribution is 2.25. The fourth-order valence-corrected chi connectivity index (χ4v) is 3.98. The number of fused-ring (bicyclic) bond motifs is 3. The summed E-state index contributed by atoms with van der Waals surface area (Å²) in [4.78, 5) is 25.2. The van der Waals surface area contributed by atoms with E-state index >= 15 is 0 Å². The molecule has 6 nitrogen and oxygen atoms in total. The molecule has 0 unspecified atom stereocenters. The minimum atomic E-state index is -0.0677. The Labute approximate surface area is 173 Å². The Balaban J connectivity index is 1.41. The van der Waals surface area contributed by atoms with Gasteiger partial charge in [0.15, 0.2) is 5.78 Å². The van der Waals surface area contributed by atoms with Gasteiger partial charge in [0.05, 0.1) is 6.42 Å². The van der Waals surface area contributed by atoms with Crippen LogP contribution in [-0.2, 0) is 13.0 Å². The van der Waals surface area contributed by atoms with Crippen LogP contribution in [0.5, 0.6) is 0 Å². The molecule has 0 saturated heterocycles. The van der Waals surface area contributed by atoms with Crippen LogP contribution in [0.1, 0.15) is 38.6 Å². The first-order valence-electron chi connectivity index (χ1n) is 10.1. The van der Waals surface area contributed by atoms with Gasteiger partial charge >= 0.3 is 0 Å². The van der Waals surface area contributed by atoms with E-state index in [0.717, 1.165) is 40.7 Å². The number of Topliss-reactive ketones (excluding diaryl/α,β-unsaturated/α-hetero) is 1. The second-order valence-corrected chi connectivity index (χ2v) is 7.71. The zero-order valence-corrected chi connectivity index (χ0v) is 16.6. The number of hydrogen-bond donors (Lipinski definition) is 1. The van der Waals surface area contributed by atoms with Crippen LogP contribution in [0.25, 0.3) is 22.2 Å². The molecule has 0 spiro atoms. The minimum absolute atomic E-state index is 0.0440. The highest BCUT2D eigenvalue weighted by molar-refractivity contribution is 6.03. The van der Waals surface area contributed by atoms with Gasteiger partial charge in [-0.1, -0.05) is 41.1 Å². The Bertz CT molecular complexity index is 1280. The molecule has 1 N–H and O–H groups in total. The van der Waals surface area contributed by atoms with Gasteiger partial charge in [-0.3, -0.25) is 9.59 Å². The van der Waals surface area contributed by atoms with E-state index in [2.05, 4.69) is 10.5 Å². The molecule has 30 heavy (non-hydrogen) atoms. The van der Waals surface area contributed by atoms with Crippen molar-refractivity contribution in [2.75, 3.05) is 6.54 Å². The first kappa shape index (κ1) is 18.4. The van der Waals surface area contributed by atoms with E-state index in [9.17, 15) is 9.59 Å². The van der Waals surface area contributed by atoms with Crippen molar-refractivity contribution in [2.45, 2.75) is 26.3 Å². The SMILES string of the molecule is Cc1cccc(-c2cc(CC(=O)c3ccc4cc5n(c4c3)CCCNC5=O)on2)c1. The standard InChI is InChI=1S/C24H21N3O3/c1-15-4-2-5-16(10-15)20-13-19(30-26-20)14-23(28)18-7-6-17-11-22-24(29)25-8-3-9-27(22)21(17)12-18/h2,4-7,10-13H,3,8-9,14H2,1H3,(H,25,29). The van der Waals surface area contributed by atoms with Gasteiger partial charge in [0.1, 0.15) is 17.1 Å². The second kappa shape index (κ2) is 7.30. The maximum Gasteiger partial charge on any atom is 0.267 e. The van der Waals surface area contributed by atoms with Gasteiger partial charge in [-0.2, -0.15) is 0 Å². The summed E-state index contributed by atoms with van der Waals surface area (Å²) < 4.78 is 7.41. The molecule has 1 aliphatic heterocycles. The van der Waals surface area contributed by atoms with Crippen LogP contribution < -0.4 is 5.32 Å². The number of nitrogens with zero attached hydrogens (tertiary/aromatic N) is 2. The summed E-state index contributed by atoms with van der Waals surface area (Å²) in [5.41, 5.74) is 4.98. The first-order valence-corrected chi connectivity index (χ1v) is 10.1. The van der Waals surface area contributed by atoms with Crippen molar-refractivity contribution in [3.63, 3.8) is 0 Å². The van der Waals surface area contributed by atoms with Gasteiger partial charge in [-0.25, -0.2) is 0 Å². The highest BCUT2D eigenvalue weighted by atomic mass is 16.5. The smallest absolute Gasteiger partial charge is 0.267 e. The number of aromatic nitrogens is 2. The Morgan fingerprint density at radius 1 is 1.17 bits per heavy atom. The Hall–Kier alpha value is -3.67. The van der Waals surface area contributed by atoms with Gasteiger partial charge in [-0.15, -0.1) is 0 Å². The Morgan fingerprint density at radius 3 is 2.93 bits per heavy atom. The van der Waals surface area contributed by atoms with E-state index in [-0.39, 0.29) is 18.1 Å². The third-order valence-corrected chi connectivity index (χ3v) is 5.51. The van der Waals surface area contributed by atoms with Crippen LogP contribution in [0, 0.1) is 6.92 Å². The monoisotopic (exact) mass is 399 g/mol. The van der Waals surface area contributed by atoms with Crippen molar-refractivity contribution in [1.29, 1.82) is 0 Å². The maximum atomic E-state index is 12.9. The number of carbonyl (C=O) groups is 2. The molecule has 0 fully saturated rings. The van der Waals surface area contributed by atoms with E-state index in [0.29, 0.717) is 23.6 Å². The van der Waals surface area contributed by atoms with Crippen LogP contribution in [0.4, 0.5) is 0 Å². The van der Waals surface area contributed by atoms with Gasteiger partial charge in [0.2, 0.25) is 0 Å². The lowest BCUT2D eigenvalue weighted by Crippen LogP contribution is -2.22. The molecule has 0 bridgehead atoms.